The predicted molar refractivity (Wildman–Crippen MR) is 374 cm³/mol. The summed E-state index contributed by atoms with van der Waals surface area (Å²) in [5.41, 5.74) is -1.59. The van der Waals surface area contributed by atoms with E-state index in [0.29, 0.717) is 18.7 Å². The lowest BCUT2D eigenvalue weighted by atomic mass is 9.91. The second-order valence-corrected chi connectivity index (χ2v) is 30.0. The van der Waals surface area contributed by atoms with Crippen LogP contribution >= 0.6 is 11.8 Å². The van der Waals surface area contributed by atoms with Crippen LogP contribution in [0.15, 0.2) is 12.2 Å². The lowest BCUT2D eigenvalue weighted by molar-refractivity contribution is -0.157. The van der Waals surface area contributed by atoms with Gasteiger partial charge in [-0.25, -0.2) is 0 Å². The number of rotatable bonds is 22. The maximum absolute atomic E-state index is 15.4. The minimum Gasteiger partial charge on any atom is -0.390 e. The van der Waals surface area contributed by atoms with Crippen molar-refractivity contribution in [3.63, 3.8) is 0 Å². The molecule has 0 bridgehead atoms. The van der Waals surface area contributed by atoms with Crippen LogP contribution in [-0.2, 0) is 52.7 Å². The molecule has 1 heterocycles. The van der Waals surface area contributed by atoms with Gasteiger partial charge in [-0.05, 0) is 134 Å². The van der Waals surface area contributed by atoms with Crippen LogP contribution in [0.1, 0.15) is 176 Å². The molecule has 0 unspecified atom stereocenters. The number of nitrogens with one attached hydrogen (secondary N) is 4. The molecule has 0 aromatic carbocycles. The fourth-order valence-corrected chi connectivity index (χ4v) is 13.1. The second-order valence-electron chi connectivity index (χ2n) is 28.8. The van der Waals surface area contributed by atoms with Crippen LogP contribution in [0.2, 0.25) is 0 Å². The van der Waals surface area contributed by atoms with Gasteiger partial charge in [-0.15, -0.1) is 11.8 Å². The predicted octanol–water partition coefficient (Wildman–Crippen LogP) is 4.18. The monoisotopic (exact) mass is 1360 g/mol. The number of likely N-dealkylation sites (N-methyl/N-ethyl adjacent to an activating group) is 7. The molecule has 0 radical (unpaired) electrons. The minimum absolute atomic E-state index is 0.0280. The third-order valence-corrected chi connectivity index (χ3v) is 19.3. The number of aliphatic hydroxyl groups is 2. The zero-order valence-corrected chi connectivity index (χ0v) is 63.5. The fraction of sp³-hybridized carbons (Fsp3) is 0.812. The zero-order valence-electron chi connectivity index (χ0n) is 62.7. The molecule has 1 saturated heterocycles. The molecule has 1 rings (SSSR count). The van der Waals surface area contributed by atoms with Crippen molar-refractivity contribution in [3.8, 4) is 0 Å². The van der Waals surface area contributed by atoms with Gasteiger partial charge in [0.2, 0.25) is 59.1 Å². The first kappa shape index (κ1) is 87.2. The number of carbonyl (C=O) groups excluding carboxylic acids is 11. The molecule has 0 aliphatic carbocycles. The van der Waals surface area contributed by atoms with E-state index in [9.17, 15) is 34.2 Å². The molecule has 25 nitrogen and oxygen atoms in total. The normalized spacial score (nSPS) is 26.3. The first-order valence-corrected chi connectivity index (χ1v) is 35.4. The summed E-state index contributed by atoms with van der Waals surface area (Å²) in [5, 5.41) is 33.4. The lowest BCUT2D eigenvalue weighted by Gasteiger charge is -2.41. The Morgan fingerprint density at radius 1 is 0.516 bits per heavy atom. The molecule has 0 aromatic heterocycles. The van der Waals surface area contributed by atoms with Crippen LogP contribution < -0.4 is 21.3 Å². The van der Waals surface area contributed by atoms with Crippen LogP contribution in [0, 0.1) is 35.5 Å². The van der Waals surface area contributed by atoms with Gasteiger partial charge in [-0.1, -0.05) is 109 Å². The molecular weight excluding hydrogens is 1240 g/mol. The number of nitrogens with zero attached hydrogens (tertiary/aromatic N) is 8. The number of hydrogen-bond donors (Lipinski definition) is 6. The highest BCUT2D eigenvalue weighted by molar-refractivity contribution is 8.00. The van der Waals surface area contributed by atoms with Gasteiger partial charge in [0.25, 0.3) is 5.91 Å². The highest BCUT2D eigenvalue weighted by atomic mass is 32.2. The molecule has 6 N–H and O–H groups in total. The van der Waals surface area contributed by atoms with Crippen molar-refractivity contribution in [2.75, 3.05) is 74.7 Å². The zero-order chi connectivity index (χ0) is 73.6. The Hall–Kier alpha value is -5.86. The average Bonchev–Trinajstić information content (AvgIpc) is 0.810. The van der Waals surface area contributed by atoms with E-state index in [1.807, 2.05) is 61.5 Å². The fourth-order valence-electron chi connectivity index (χ4n) is 11.9. The van der Waals surface area contributed by atoms with Gasteiger partial charge >= 0.3 is 0 Å². The summed E-state index contributed by atoms with van der Waals surface area (Å²) in [5.74, 6) is -9.93. The van der Waals surface area contributed by atoms with E-state index in [1.165, 1.54) is 102 Å². The Bertz CT molecular complexity index is 2580. The molecular formula is C69H126N12O13S. The molecule has 1 aliphatic rings. The van der Waals surface area contributed by atoms with Crippen LogP contribution in [-0.4, -0.2) is 267 Å². The standard InChI is InChI=1S/C69H126N12O13S/c1-27-31-33-45(15)56(82)55-60(86)72-48(28-2)62(88)80(26)68(95-35-32-34-81(29-3)30-4)67(93)77(23)52(39-69(18,19)94)59(85)73-53(43(11)12)65(91)74(20)49(36-40(5)6)58(84)70-46(16)57(83)71-47(17)61(87)75(21)50(37-41(7)8)63(89)76(22)51(38-42(9)10)64(90)78(24)54(44(13)14)66(92)79(55)25/h27,31,40-56,68,82,94H,28-30,32-39H2,1-26H3,(H,70,84)(H,71,83)(H,72,86)(H,73,85)/t45-,46+,47-,48+,49+,50+,51+,52+,53+,54+,55+,56-,68-/m1/s1. The highest BCUT2D eigenvalue weighted by Gasteiger charge is 2.47. The van der Waals surface area contributed by atoms with Crippen LogP contribution in [0.5, 0.6) is 0 Å². The van der Waals surface area contributed by atoms with Crippen molar-refractivity contribution >= 4 is 76.7 Å². The Balaban J connectivity index is 4.59. The largest absolute Gasteiger partial charge is 0.390 e. The minimum atomic E-state index is -1.66. The van der Waals surface area contributed by atoms with Crippen LogP contribution in [0.3, 0.4) is 0 Å². The van der Waals surface area contributed by atoms with E-state index < -0.39 is 160 Å². The Morgan fingerprint density at radius 3 is 1.43 bits per heavy atom. The highest BCUT2D eigenvalue weighted by Crippen LogP contribution is 2.28. The van der Waals surface area contributed by atoms with Crippen molar-refractivity contribution in [1.29, 1.82) is 0 Å². The van der Waals surface area contributed by atoms with Crippen molar-refractivity contribution in [2.45, 2.75) is 254 Å². The topological polar surface area (TPSA) is 302 Å². The molecule has 26 heteroatoms. The molecule has 0 spiro atoms. The molecule has 95 heavy (non-hydrogen) atoms. The van der Waals surface area contributed by atoms with Crippen LogP contribution in [0.4, 0.5) is 0 Å². The van der Waals surface area contributed by atoms with E-state index in [-0.39, 0.29) is 56.3 Å². The number of aliphatic hydroxyl groups excluding tert-OH is 1. The Morgan fingerprint density at radius 2 is 0.968 bits per heavy atom. The van der Waals surface area contributed by atoms with Crippen molar-refractivity contribution in [3.05, 3.63) is 12.2 Å². The van der Waals surface area contributed by atoms with Crippen molar-refractivity contribution < 1.29 is 63.0 Å². The van der Waals surface area contributed by atoms with Crippen molar-refractivity contribution in [2.24, 2.45) is 35.5 Å². The Kier molecular flexibility index (Phi) is 36.8. The quantitative estimate of drug-likeness (QED) is 0.0655. The van der Waals surface area contributed by atoms with Gasteiger partial charge in [0.05, 0.1) is 11.7 Å². The molecule has 13 atom stereocenters. The third-order valence-electron chi connectivity index (χ3n) is 18.0. The van der Waals surface area contributed by atoms with Crippen LogP contribution in [0.25, 0.3) is 0 Å². The first-order valence-electron chi connectivity index (χ1n) is 34.3. The van der Waals surface area contributed by atoms with Crippen molar-refractivity contribution in [1.82, 2.24) is 60.5 Å². The second kappa shape index (κ2) is 40.1. The van der Waals surface area contributed by atoms with E-state index in [0.717, 1.165) is 34.7 Å². The van der Waals surface area contributed by atoms with Gasteiger partial charge in [0.15, 0.2) is 5.37 Å². The summed E-state index contributed by atoms with van der Waals surface area (Å²) in [6.45, 7) is 35.2. The summed E-state index contributed by atoms with van der Waals surface area (Å²) in [6, 6.07) is -13.1. The Labute approximate surface area is 574 Å². The molecule has 546 valence electrons. The van der Waals surface area contributed by atoms with E-state index >= 15 is 28.8 Å². The summed E-state index contributed by atoms with van der Waals surface area (Å²) < 4.78 is 0. The number of amides is 11. The molecule has 0 saturated carbocycles. The van der Waals surface area contributed by atoms with Gasteiger partial charge < -0.3 is 70.7 Å². The molecule has 1 aliphatic heterocycles. The van der Waals surface area contributed by atoms with Gasteiger partial charge in [-0.3, -0.25) is 52.7 Å². The summed E-state index contributed by atoms with van der Waals surface area (Å²) in [7, 11) is 9.88. The summed E-state index contributed by atoms with van der Waals surface area (Å²) >= 11 is 1.14. The number of thioether (sulfide) groups is 1. The SMILES string of the molecule is CC=CC[C@@H](C)[C@@H](O)[C@H]1C(=O)N[C@@H](CC)C(=O)N(C)[C@H](SCCCN(CC)CC)C(=O)N(C)[C@@H](CC(C)(C)O)C(=O)N[C@@H](C(C)C)C(=O)N(C)[C@@H](CC(C)C)C(=O)N[C@@H](C)C(=O)N[C@H](C)C(=O)N(C)[C@@H](CC(C)C)C(=O)N(C)[C@@H](CC(C)C)C(=O)N(C)[C@@H](C(C)C)C(=O)N1C. The molecule has 1 fully saturated rings. The third kappa shape index (κ3) is 25.5. The van der Waals surface area contributed by atoms with Gasteiger partial charge in [0.1, 0.15) is 60.4 Å². The van der Waals surface area contributed by atoms with Gasteiger partial charge in [-0.2, -0.15) is 0 Å². The van der Waals surface area contributed by atoms with Gasteiger partial charge in [0, 0.05) is 55.8 Å². The number of allylic oxidation sites excluding steroid dienone is 2. The van der Waals surface area contributed by atoms with E-state index in [1.54, 1.807) is 54.5 Å². The number of hydrogen-bond acceptors (Lipinski definition) is 15. The van der Waals surface area contributed by atoms with E-state index in [4.69, 9.17) is 0 Å². The van der Waals surface area contributed by atoms with E-state index in [2.05, 4.69) is 26.2 Å². The maximum atomic E-state index is 15.4. The molecule has 0 aromatic rings. The number of carbonyl (C=O) groups is 11. The lowest BCUT2D eigenvalue weighted by Crippen LogP contribution is -2.64. The summed E-state index contributed by atoms with van der Waals surface area (Å²) in [6.07, 6.45) is 2.95. The summed E-state index contributed by atoms with van der Waals surface area (Å²) in [4.78, 5) is 175. The smallest absolute Gasteiger partial charge is 0.256 e. The first-order chi connectivity index (χ1) is 43.9. The maximum Gasteiger partial charge on any atom is 0.256 e. The average molecular weight is 1360 g/mol. The molecule has 11 amide bonds.